The Bertz CT molecular complexity index is 1370. The van der Waals surface area contributed by atoms with Crippen LogP contribution in [0.4, 0.5) is 4.79 Å². The molecule has 0 fully saturated rings. The molecule has 1 aliphatic heterocycles. The average Bonchev–Trinajstić information content (AvgIpc) is 3.23. The van der Waals surface area contributed by atoms with Gasteiger partial charge in [0.15, 0.2) is 12.0 Å². The van der Waals surface area contributed by atoms with Crippen LogP contribution in [0, 0.1) is 0 Å². The molecule has 1 atom stereocenters. The van der Waals surface area contributed by atoms with Gasteiger partial charge < -0.3 is 5.11 Å². The quantitative estimate of drug-likeness (QED) is 0.415. The molecule has 3 aromatic carbocycles. The van der Waals surface area contributed by atoms with Crippen LogP contribution >= 0.6 is 11.6 Å². The lowest BCUT2D eigenvalue weighted by Gasteiger charge is -2.26. The van der Waals surface area contributed by atoms with Gasteiger partial charge in [0.05, 0.1) is 17.9 Å². The Hall–Kier alpha value is -3.97. The number of aryl methyl sites for hydroxylation is 1. The molecule has 1 N–H and O–H groups in total. The minimum absolute atomic E-state index is 0.156. The molecule has 5 rings (SSSR count). The van der Waals surface area contributed by atoms with E-state index >= 15 is 0 Å². The Morgan fingerprint density at radius 3 is 2.41 bits per heavy atom. The molecule has 1 aromatic heterocycles. The van der Waals surface area contributed by atoms with Gasteiger partial charge in [-0.25, -0.2) is 4.79 Å². The van der Waals surface area contributed by atoms with Crippen LogP contribution in [0.3, 0.4) is 0 Å². The third-order valence-electron chi connectivity index (χ3n) is 5.81. The van der Waals surface area contributed by atoms with Crippen molar-refractivity contribution >= 4 is 23.4 Å². The average molecular weight is 472 g/mol. The molecule has 0 aliphatic carbocycles. The predicted octanol–water partition coefficient (Wildman–Crippen LogP) is 5.51. The highest BCUT2D eigenvalue weighted by Crippen LogP contribution is 2.34. The van der Waals surface area contributed by atoms with Crippen molar-refractivity contribution in [3.05, 3.63) is 112 Å². The van der Waals surface area contributed by atoms with E-state index in [0.29, 0.717) is 23.0 Å². The van der Waals surface area contributed by atoms with Crippen molar-refractivity contribution in [2.45, 2.75) is 26.1 Å². The van der Waals surface area contributed by atoms with Crippen molar-refractivity contribution in [2.24, 2.45) is 4.99 Å². The first-order valence-electron chi connectivity index (χ1n) is 11.0. The fraction of sp³-hybridized carbons (Fsp3) is 0.154. The summed E-state index contributed by atoms with van der Waals surface area (Å²) in [4.78, 5) is 18.9. The van der Waals surface area contributed by atoms with Crippen LogP contribution in [0.5, 0.6) is 0 Å². The van der Waals surface area contributed by atoms with Crippen LogP contribution < -0.4 is 0 Å². The number of fused-ring (bicyclic) bond motifs is 3. The molecule has 4 aromatic rings. The summed E-state index contributed by atoms with van der Waals surface area (Å²) in [5.74, 6) is 1.21. The molecular weight excluding hydrogens is 450 g/mol. The summed E-state index contributed by atoms with van der Waals surface area (Å²) in [6.45, 7) is 2.16. The van der Waals surface area contributed by atoms with Crippen molar-refractivity contribution < 1.29 is 9.90 Å². The number of amides is 1. The molecule has 170 valence electrons. The molecule has 8 heteroatoms. The van der Waals surface area contributed by atoms with E-state index in [9.17, 15) is 9.90 Å². The number of halogens is 1. The predicted molar refractivity (Wildman–Crippen MR) is 131 cm³/mol. The second-order valence-corrected chi connectivity index (χ2v) is 8.37. The highest BCUT2D eigenvalue weighted by Gasteiger charge is 2.34. The van der Waals surface area contributed by atoms with Crippen molar-refractivity contribution in [3.63, 3.8) is 0 Å². The summed E-state index contributed by atoms with van der Waals surface area (Å²) >= 11 is 6.14. The summed E-state index contributed by atoms with van der Waals surface area (Å²) < 4.78 is 1.94. The Kier molecular flexibility index (Phi) is 5.86. The SMILES string of the molecule is CCc1nnc2n1-c1ccccc1C(c1ccc(Cl)cc1)=NC2N(Cc1ccccc1)C(=O)O. The van der Waals surface area contributed by atoms with Gasteiger partial charge in [0.25, 0.3) is 0 Å². The van der Waals surface area contributed by atoms with E-state index in [-0.39, 0.29) is 6.54 Å². The maximum Gasteiger partial charge on any atom is 0.409 e. The maximum atomic E-state index is 12.5. The van der Waals surface area contributed by atoms with Gasteiger partial charge in [0.1, 0.15) is 5.82 Å². The van der Waals surface area contributed by atoms with Gasteiger partial charge in [-0.1, -0.05) is 79.2 Å². The van der Waals surface area contributed by atoms with Gasteiger partial charge in [0, 0.05) is 22.6 Å². The zero-order valence-electron chi connectivity index (χ0n) is 18.5. The highest BCUT2D eigenvalue weighted by molar-refractivity contribution is 6.30. The number of nitrogens with zero attached hydrogens (tertiary/aromatic N) is 5. The zero-order chi connectivity index (χ0) is 23.7. The lowest BCUT2D eigenvalue weighted by atomic mass is 10.0. The summed E-state index contributed by atoms with van der Waals surface area (Å²) in [6, 6.07) is 24.7. The van der Waals surface area contributed by atoms with Crippen LogP contribution in [0.15, 0.2) is 83.9 Å². The molecule has 1 unspecified atom stereocenters. The van der Waals surface area contributed by atoms with E-state index in [1.165, 1.54) is 4.90 Å². The zero-order valence-corrected chi connectivity index (χ0v) is 19.2. The lowest BCUT2D eigenvalue weighted by Crippen LogP contribution is -2.34. The van der Waals surface area contributed by atoms with Crippen molar-refractivity contribution in [3.8, 4) is 5.69 Å². The number of hydrogen-bond donors (Lipinski definition) is 1. The standard InChI is InChI=1S/C26H22ClN5O2/c1-2-22-29-30-25-24(31(26(33)34)16-17-8-4-3-5-9-17)28-23(18-12-14-19(27)15-13-18)20-10-6-7-11-21(20)32(22)25/h3-15,24H,2,16H2,1H3,(H,33,34). The Balaban J connectivity index is 1.75. The number of hydrogen-bond acceptors (Lipinski definition) is 4. The van der Waals surface area contributed by atoms with Crippen LogP contribution in [0.2, 0.25) is 5.02 Å². The largest absolute Gasteiger partial charge is 0.465 e. The number of carbonyl (C=O) groups is 1. The normalized spacial score (nSPS) is 14.5. The van der Waals surface area contributed by atoms with Gasteiger partial charge >= 0.3 is 6.09 Å². The number of rotatable bonds is 5. The fourth-order valence-corrected chi connectivity index (χ4v) is 4.32. The number of para-hydroxylation sites is 1. The van der Waals surface area contributed by atoms with Crippen LogP contribution in [0.25, 0.3) is 5.69 Å². The molecule has 0 saturated heterocycles. The van der Waals surface area contributed by atoms with Crippen molar-refractivity contribution in [1.29, 1.82) is 0 Å². The van der Waals surface area contributed by atoms with E-state index in [2.05, 4.69) is 10.2 Å². The summed E-state index contributed by atoms with van der Waals surface area (Å²) in [5, 5.41) is 19.7. The van der Waals surface area contributed by atoms with Crippen LogP contribution in [-0.4, -0.2) is 36.6 Å². The van der Waals surface area contributed by atoms with Crippen molar-refractivity contribution in [1.82, 2.24) is 19.7 Å². The van der Waals surface area contributed by atoms with Gasteiger partial charge in [-0.2, -0.15) is 0 Å². The Morgan fingerprint density at radius 2 is 1.71 bits per heavy atom. The second-order valence-electron chi connectivity index (χ2n) is 7.93. The number of carboxylic acid groups (broad SMARTS) is 1. The first-order chi connectivity index (χ1) is 16.6. The van der Waals surface area contributed by atoms with Crippen molar-refractivity contribution in [2.75, 3.05) is 0 Å². The summed E-state index contributed by atoms with van der Waals surface area (Å²) in [7, 11) is 0. The molecule has 1 amide bonds. The summed E-state index contributed by atoms with van der Waals surface area (Å²) in [5.41, 5.74) is 4.10. The molecule has 0 bridgehead atoms. The topological polar surface area (TPSA) is 83.6 Å². The summed E-state index contributed by atoms with van der Waals surface area (Å²) in [6.07, 6.45) is -1.36. The molecule has 34 heavy (non-hydrogen) atoms. The third kappa shape index (κ3) is 3.95. The minimum atomic E-state index is -1.09. The Labute approximate surface area is 202 Å². The monoisotopic (exact) mass is 471 g/mol. The Morgan fingerprint density at radius 1 is 1.00 bits per heavy atom. The molecule has 7 nitrogen and oxygen atoms in total. The van der Waals surface area contributed by atoms with Gasteiger partial charge in [-0.05, 0) is 23.8 Å². The van der Waals surface area contributed by atoms with Crippen LogP contribution in [0.1, 0.15) is 41.4 Å². The molecule has 2 heterocycles. The van der Waals surface area contributed by atoms with Gasteiger partial charge in [-0.3, -0.25) is 14.5 Å². The maximum absolute atomic E-state index is 12.5. The second kappa shape index (κ2) is 9.11. The first-order valence-corrected chi connectivity index (χ1v) is 11.4. The highest BCUT2D eigenvalue weighted by atomic mass is 35.5. The minimum Gasteiger partial charge on any atom is -0.465 e. The lowest BCUT2D eigenvalue weighted by molar-refractivity contribution is 0.119. The van der Waals surface area contributed by atoms with E-state index in [0.717, 1.165) is 28.2 Å². The number of aromatic nitrogens is 3. The van der Waals surface area contributed by atoms with Gasteiger partial charge in [-0.15, -0.1) is 10.2 Å². The van der Waals surface area contributed by atoms with Gasteiger partial charge in [0.2, 0.25) is 0 Å². The molecule has 0 saturated carbocycles. The van der Waals surface area contributed by atoms with E-state index < -0.39 is 12.3 Å². The number of benzene rings is 3. The molecule has 0 spiro atoms. The third-order valence-corrected chi connectivity index (χ3v) is 6.06. The fourth-order valence-electron chi connectivity index (χ4n) is 4.19. The first kappa shape index (κ1) is 21.9. The molecule has 0 radical (unpaired) electrons. The van der Waals surface area contributed by atoms with E-state index in [4.69, 9.17) is 16.6 Å². The van der Waals surface area contributed by atoms with E-state index in [1.54, 1.807) is 12.1 Å². The van der Waals surface area contributed by atoms with Crippen LogP contribution in [-0.2, 0) is 13.0 Å². The number of aliphatic imine (C=N–C) groups is 1. The smallest absolute Gasteiger partial charge is 0.409 e. The molecular formula is C26H22ClN5O2. The molecule has 1 aliphatic rings. The van der Waals surface area contributed by atoms with E-state index in [1.807, 2.05) is 78.2 Å².